The van der Waals surface area contributed by atoms with Crippen LogP contribution >= 0.6 is 34.5 Å². The minimum absolute atomic E-state index is 0.108. The van der Waals surface area contributed by atoms with E-state index in [1.54, 1.807) is 0 Å². The normalized spacial score (nSPS) is 10.9. The van der Waals surface area contributed by atoms with Crippen LogP contribution in [0, 0.1) is 0 Å². The lowest BCUT2D eigenvalue weighted by molar-refractivity contribution is 1.15. The van der Waals surface area contributed by atoms with Crippen molar-refractivity contribution in [2.45, 2.75) is 0 Å². The average Bonchev–Trinajstić information content (AvgIpc) is 2.83. The monoisotopic (exact) mass is 310 g/mol. The van der Waals surface area contributed by atoms with Crippen LogP contribution in [0.3, 0.4) is 0 Å². The summed E-state index contributed by atoms with van der Waals surface area (Å²) >= 11 is 13.3. The summed E-state index contributed by atoms with van der Waals surface area (Å²) in [7, 11) is 1.94. The summed E-state index contributed by atoms with van der Waals surface area (Å²) in [4.78, 5) is 14.4. The summed E-state index contributed by atoms with van der Waals surface area (Å²) < 4.78 is 0.740. The molecule has 2 aromatic heterocycles. The number of hydrogen-bond donors (Lipinski definition) is 0. The van der Waals surface area contributed by atoms with Gasteiger partial charge in [-0.25, -0.2) is 4.98 Å². The summed E-state index contributed by atoms with van der Waals surface area (Å²) in [5.41, 5.74) is 1.56. The highest BCUT2D eigenvalue weighted by molar-refractivity contribution is 7.22. The van der Waals surface area contributed by atoms with Crippen molar-refractivity contribution in [2.75, 3.05) is 11.9 Å². The molecular formula is C12H8Cl2N4S. The maximum Gasteiger partial charge on any atom is 0.225 e. The topological polar surface area (TPSA) is 41.9 Å². The van der Waals surface area contributed by atoms with Crippen LogP contribution in [0.4, 0.5) is 10.8 Å². The molecule has 0 N–H and O–H groups in total. The third kappa shape index (κ3) is 2.36. The zero-order chi connectivity index (χ0) is 13.4. The molecule has 0 saturated carbocycles. The second-order valence-corrected chi connectivity index (χ2v) is 5.50. The van der Waals surface area contributed by atoms with E-state index in [0.717, 1.165) is 15.5 Å². The molecular weight excluding hydrogens is 303 g/mol. The molecule has 1 aromatic carbocycles. The van der Waals surface area contributed by atoms with Crippen LogP contribution in [0.2, 0.25) is 10.4 Å². The van der Waals surface area contributed by atoms with Crippen molar-refractivity contribution in [1.82, 2.24) is 15.0 Å². The van der Waals surface area contributed by atoms with Crippen molar-refractivity contribution in [3.8, 4) is 0 Å². The minimum Gasteiger partial charge on any atom is -0.321 e. The molecule has 3 aromatic rings. The largest absolute Gasteiger partial charge is 0.321 e. The van der Waals surface area contributed by atoms with Crippen molar-refractivity contribution in [3.05, 3.63) is 40.8 Å². The first-order valence-electron chi connectivity index (χ1n) is 5.43. The lowest BCUT2D eigenvalue weighted by Crippen LogP contribution is -2.08. The fourth-order valence-corrected chi connectivity index (χ4v) is 3.02. The first-order chi connectivity index (χ1) is 9.15. The molecule has 0 amide bonds. The van der Waals surface area contributed by atoms with Gasteiger partial charge < -0.3 is 4.90 Å². The number of halogens is 2. The van der Waals surface area contributed by atoms with Gasteiger partial charge >= 0.3 is 0 Å². The Labute approximate surface area is 123 Å². The molecule has 0 bridgehead atoms. The van der Waals surface area contributed by atoms with Crippen LogP contribution in [0.5, 0.6) is 0 Å². The van der Waals surface area contributed by atoms with E-state index < -0.39 is 0 Å². The number of fused-ring (bicyclic) bond motifs is 1. The fourth-order valence-electron chi connectivity index (χ4n) is 1.66. The Morgan fingerprint density at radius 3 is 2.53 bits per heavy atom. The Morgan fingerprint density at radius 2 is 1.79 bits per heavy atom. The third-order valence-corrected chi connectivity index (χ3v) is 4.29. The van der Waals surface area contributed by atoms with Crippen LogP contribution in [-0.4, -0.2) is 22.0 Å². The molecule has 0 aliphatic carbocycles. The standard InChI is InChI=1S/C12H8Cl2N4S/c1-18(7-5-3-2-4-6-7)12-17-10-8(19-12)9(13)15-11(14)16-10/h2-6H,1H3. The predicted molar refractivity (Wildman–Crippen MR) is 79.7 cm³/mol. The van der Waals surface area contributed by atoms with Gasteiger partial charge in [0.25, 0.3) is 0 Å². The third-order valence-electron chi connectivity index (χ3n) is 2.60. The number of anilines is 2. The zero-order valence-electron chi connectivity index (χ0n) is 9.84. The first kappa shape index (κ1) is 12.6. The number of para-hydroxylation sites is 1. The van der Waals surface area contributed by atoms with Gasteiger partial charge in [-0.2, -0.15) is 9.97 Å². The predicted octanol–water partition coefficient (Wildman–Crippen LogP) is 4.16. The molecule has 3 rings (SSSR count). The SMILES string of the molecule is CN(c1ccccc1)c1nc2nc(Cl)nc(Cl)c2s1. The number of thiazole rings is 1. The van der Waals surface area contributed by atoms with Gasteiger partial charge in [0.05, 0.1) is 0 Å². The molecule has 2 heterocycles. The Balaban J connectivity index is 2.09. The second-order valence-electron chi connectivity index (χ2n) is 3.83. The molecule has 0 saturated heterocycles. The Morgan fingerprint density at radius 1 is 1.05 bits per heavy atom. The van der Waals surface area contributed by atoms with Gasteiger partial charge in [0.1, 0.15) is 4.70 Å². The molecule has 0 fully saturated rings. The van der Waals surface area contributed by atoms with Gasteiger partial charge in [-0.3, -0.25) is 0 Å². The summed E-state index contributed by atoms with van der Waals surface area (Å²) in [6.07, 6.45) is 0. The van der Waals surface area contributed by atoms with Gasteiger partial charge in [-0.05, 0) is 23.7 Å². The molecule has 4 nitrogen and oxygen atoms in total. The van der Waals surface area contributed by atoms with Crippen molar-refractivity contribution in [2.24, 2.45) is 0 Å². The molecule has 96 valence electrons. The molecule has 0 aliphatic rings. The number of hydrogen-bond acceptors (Lipinski definition) is 5. The molecule has 0 radical (unpaired) electrons. The van der Waals surface area contributed by atoms with Crippen LogP contribution in [0.25, 0.3) is 10.3 Å². The summed E-state index contributed by atoms with van der Waals surface area (Å²) in [5, 5.41) is 1.23. The maximum atomic E-state index is 6.04. The number of nitrogens with zero attached hydrogens (tertiary/aromatic N) is 4. The lowest BCUT2D eigenvalue weighted by Gasteiger charge is -2.14. The second kappa shape index (κ2) is 4.92. The van der Waals surface area contributed by atoms with E-state index in [-0.39, 0.29) is 5.28 Å². The maximum absolute atomic E-state index is 6.04. The molecule has 19 heavy (non-hydrogen) atoms. The van der Waals surface area contributed by atoms with E-state index in [9.17, 15) is 0 Å². The number of aromatic nitrogens is 3. The van der Waals surface area contributed by atoms with Gasteiger partial charge in [0.2, 0.25) is 5.28 Å². The van der Waals surface area contributed by atoms with E-state index in [0.29, 0.717) is 10.8 Å². The van der Waals surface area contributed by atoms with E-state index >= 15 is 0 Å². The molecule has 7 heteroatoms. The van der Waals surface area contributed by atoms with Crippen LogP contribution in [0.15, 0.2) is 30.3 Å². The molecule has 0 spiro atoms. The first-order valence-corrected chi connectivity index (χ1v) is 7.01. The highest BCUT2D eigenvalue weighted by Gasteiger charge is 2.14. The van der Waals surface area contributed by atoms with Crippen molar-refractivity contribution < 1.29 is 0 Å². The lowest BCUT2D eigenvalue weighted by atomic mass is 10.3. The summed E-state index contributed by atoms with van der Waals surface area (Å²) in [6, 6.07) is 9.93. The average molecular weight is 311 g/mol. The van der Waals surface area contributed by atoms with E-state index in [1.165, 1.54) is 11.3 Å². The molecule has 0 aliphatic heterocycles. The van der Waals surface area contributed by atoms with Crippen LogP contribution in [-0.2, 0) is 0 Å². The van der Waals surface area contributed by atoms with E-state index in [2.05, 4.69) is 15.0 Å². The fraction of sp³-hybridized carbons (Fsp3) is 0.0833. The van der Waals surface area contributed by atoms with Crippen molar-refractivity contribution in [3.63, 3.8) is 0 Å². The van der Waals surface area contributed by atoms with Crippen molar-refractivity contribution in [1.29, 1.82) is 0 Å². The minimum atomic E-state index is 0.108. The van der Waals surface area contributed by atoms with Gasteiger partial charge in [0, 0.05) is 12.7 Å². The smallest absolute Gasteiger partial charge is 0.225 e. The highest BCUT2D eigenvalue weighted by Crippen LogP contribution is 2.34. The summed E-state index contributed by atoms with van der Waals surface area (Å²) in [5.74, 6) is 0. The van der Waals surface area contributed by atoms with Crippen LogP contribution in [0.1, 0.15) is 0 Å². The quantitative estimate of drug-likeness (QED) is 0.526. The van der Waals surface area contributed by atoms with Crippen LogP contribution < -0.4 is 4.90 Å². The summed E-state index contributed by atoms with van der Waals surface area (Å²) in [6.45, 7) is 0. The van der Waals surface area contributed by atoms with Crippen molar-refractivity contribution >= 4 is 55.7 Å². The van der Waals surface area contributed by atoms with E-state index in [4.69, 9.17) is 23.2 Å². The molecule has 0 atom stereocenters. The molecule has 0 unspecified atom stereocenters. The van der Waals surface area contributed by atoms with Gasteiger partial charge in [-0.15, -0.1) is 0 Å². The Kier molecular flexibility index (Phi) is 3.26. The number of benzene rings is 1. The Bertz CT molecular complexity index is 729. The van der Waals surface area contributed by atoms with Gasteiger partial charge in [0.15, 0.2) is 15.9 Å². The van der Waals surface area contributed by atoms with E-state index in [1.807, 2.05) is 42.3 Å². The highest BCUT2D eigenvalue weighted by atomic mass is 35.5. The zero-order valence-corrected chi connectivity index (χ0v) is 12.2. The Hall–Kier alpha value is -1.43. The number of rotatable bonds is 2. The van der Waals surface area contributed by atoms with Gasteiger partial charge in [-0.1, -0.05) is 41.1 Å².